The molecule has 0 spiro atoms. The minimum Gasteiger partial charge on any atom is -0.449 e. The molecule has 0 unspecified atom stereocenters. The molecule has 0 radical (unpaired) electrons. The molecular formula is C12H16N2O5S. The lowest BCUT2D eigenvalue weighted by molar-refractivity contribution is -0.125. The molecule has 0 heterocycles. The normalized spacial score (nSPS) is 12.7. The Morgan fingerprint density at radius 2 is 1.85 bits per heavy atom. The lowest BCUT2D eigenvalue weighted by atomic mass is 10.2. The molecule has 1 atom stereocenters. The minimum atomic E-state index is -3.57. The Hall–Kier alpha value is -1.93. The highest BCUT2D eigenvalue weighted by atomic mass is 32.2. The minimum absolute atomic E-state index is 0.0406. The topological polar surface area (TPSA) is 116 Å². The van der Waals surface area contributed by atoms with Crippen LogP contribution in [0.4, 0.5) is 0 Å². The van der Waals surface area contributed by atoms with Crippen LogP contribution in [-0.4, -0.2) is 32.9 Å². The molecule has 0 aliphatic rings. The number of sulfonamides is 1. The van der Waals surface area contributed by atoms with E-state index in [-0.39, 0.29) is 17.0 Å². The fraction of sp³-hybridized carbons (Fsp3) is 0.333. The Kier molecular flexibility index (Phi) is 5.23. The molecular weight excluding hydrogens is 284 g/mol. The standard InChI is InChI=1S/C12H16N2O5S/c1-3-14-20(17,18)10-6-4-9(5-7-10)12(16)19-8(2)11(13)15/h4-8,14H,3H2,1-2H3,(H2,13,15)/t8-/m0/s1. The van der Waals surface area contributed by atoms with Crippen LogP contribution in [0.5, 0.6) is 0 Å². The second kappa shape index (κ2) is 6.49. The fourth-order valence-electron chi connectivity index (χ4n) is 1.33. The average Bonchev–Trinajstić information content (AvgIpc) is 2.38. The third kappa shape index (κ3) is 4.04. The van der Waals surface area contributed by atoms with E-state index in [1.165, 1.54) is 31.2 Å². The molecule has 20 heavy (non-hydrogen) atoms. The van der Waals surface area contributed by atoms with Gasteiger partial charge in [-0.2, -0.15) is 0 Å². The SMILES string of the molecule is CCNS(=O)(=O)c1ccc(C(=O)O[C@@H](C)C(N)=O)cc1. The van der Waals surface area contributed by atoms with Crippen LogP contribution < -0.4 is 10.5 Å². The fourth-order valence-corrected chi connectivity index (χ4v) is 2.37. The Balaban J connectivity index is 2.87. The van der Waals surface area contributed by atoms with Gasteiger partial charge in [0, 0.05) is 6.54 Å². The van der Waals surface area contributed by atoms with Gasteiger partial charge in [-0.3, -0.25) is 4.79 Å². The van der Waals surface area contributed by atoms with Crippen molar-refractivity contribution < 1.29 is 22.7 Å². The predicted octanol–water partition coefficient (Wildman–Crippen LogP) is 0.0154. The molecule has 110 valence electrons. The number of nitrogens with two attached hydrogens (primary N) is 1. The quantitative estimate of drug-likeness (QED) is 0.718. The molecule has 8 heteroatoms. The van der Waals surface area contributed by atoms with Gasteiger partial charge in [0.05, 0.1) is 10.5 Å². The van der Waals surface area contributed by atoms with Crippen molar-refractivity contribution >= 4 is 21.9 Å². The number of carbonyl (C=O) groups excluding carboxylic acids is 2. The lowest BCUT2D eigenvalue weighted by Gasteiger charge is -2.10. The zero-order valence-electron chi connectivity index (χ0n) is 11.1. The number of carbonyl (C=O) groups is 2. The summed E-state index contributed by atoms with van der Waals surface area (Å²) < 4.78 is 30.5. The summed E-state index contributed by atoms with van der Waals surface area (Å²) in [5, 5.41) is 0. The summed E-state index contributed by atoms with van der Waals surface area (Å²) in [6, 6.07) is 5.17. The number of primary amides is 1. The molecule has 0 bridgehead atoms. The van der Waals surface area contributed by atoms with Crippen LogP contribution in [0, 0.1) is 0 Å². The van der Waals surface area contributed by atoms with E-state index in [4.69, 9.17) is 10.5 Å². The van der Waals surface area contributed by atoms with Gasteiger partial charge in [-0.1, -0.05) is 6.92 Å². The molecule has 0 saturated carbocycles. The summed E-state index contributed by atoms with van der Waals surface area (Å²) >= 11 is 0. The maximum Gasteiger partial charge on any atom is 0.338 e. The van der Waals surface area contributed by atoms with Crippen LogP contribution in [0.2, 0.25) is 0 Å². The molecule has 1 aromatic carbocycles. The second-order valence-electron chi connectivity index (χ2n) is 3.98. The van der Waals surface area contributed by atoms with Gasteiger partial charge in [0.1, 0.15) is 0 Å². The van der Waals surface area contributed by atoms with Crippen LogP contribution in [0.25, 0.3) is 0 Å². The van der Waals surface area contributed by atoms with Crippen molar-refractivity contribution in [2.24, 2.45) is 5.73 Å². The Morgan fingerprint density at radius 1 is 1.30 bits per heavy atom. The number of ether oxygens (including phenoxy) is 1. The van der Waals surface area contributed by atoms with E-state index in [0.29, 0.717) is 0 Å². The molecule has 0 aliphatic heterocycles. The largest absolute Gasteiger partial charge is 0.449 e. The van der Waals surface area contributed by atoms with Gasteiger partial charge in [0.15, 0.2) is 6.10 Å². The van der Waals surface area contributed by atoms with E-state index in [1.807, 2.05) is 0 Å². The zero-order chi connectivity index (χ0) is 15.3. The van der Waals surface area contributed by atoms with Crippen molar-refractivity contribution in [2.45, 2.75) is 24.8 Å². The van der Waals surface area contributed by atoms with E-state index in [9.17, 15) is 18.0 Å². The summed E-state index contributed by atoms with van der Waals surface area (Å²) in [4.78, 5) is 22.5. The molecule has 1 amide bonds. The van der Waals surface area contributed by atoms with E-state index < -0.39 is 28.0 Å². The first kappa shape index (κ1) is 16.1. The van der Waals surface area contributed by atoms with E-state index in [1.54, 1.807) is 6.92 Å². The molecule has 7 nitrogen and oxygen atoms in total. The van der Waals surface area contributed by atoms with Gasteiger partial charge in [0.25, 0.3) is 5.91 Å². The van der Waals surface area contributed by atoms with E-state index in [2.05, 4.69) is 4.72 Å². The van der Waals surface area contributed by atoms with E-state index >= 15 is 0 Å². The number of rotatable bonds is 6. The highest BCUT2D eigenvalue weighted by Crippen LogP contribution is 2.12. The van der Waals surface area contributed by atoms with Gasteiger partial charge >= 0.3 is 5.97 Å². The first-order chi connectivity index (χ1) is 9.27. The van der Waals surface area contributed by atoms with Crippen molar-refractivity contribution in [1.82, 2.24) is 4.72 Å². The van der Waals surface area contributed by atoms with Gasteiger partial charge in [0.2, 0.25) is 10.0 Å². The maximum atomic E-state index is 11.7. The van der Waals surface area contributed by atoms with Crippen LogP contribution in [0.15, 0.2) is 29.2 Å². The predicted molar refractivity (Wildman–Crippen MR) is 71.4 cm³/mol. The number of esters is 1. The Bertz CT molecular complexity index is 595. The van der Waals surface area contributed by atoms with Gasteiger partial charge in [-0.05, 0) is 31.2 Å². The molecule has 0 aromatic heterocycles. The number of benzene rings is 1. The van der Waals surface area contributed by atoms with Crippen molar-refractivity contribution in [3.8, 4) is 0 Å². The van der Waals surface area contributed by atoms with Crippen molar-refractivity contribution in [3.05, 3.63) is 29.8 Å². The first-order valence-corrected chi connectivity index (χ1v) is 7.36. The monoisotopic (exact) mass is 300 g/mol. The number of hydrogen-bond acceptors (Lipinski definition) is 5. The number of nitrogens with one attached hydrogen (secondary N) is 1. The average molecular weight is 300 g/mol. The molecule has 3 N–H and O–H groups in total. The highest BCUT2D eigenvalue weighted by molar-refractivity contribution is 7.89. The van der Waals surface area contributed by atoms with Crippen LogP contribution in [-0.2, 0) is 19.6 Å². The molecule has 1 aromatic rings. The van der Waals surface area contributed by atoms with Gasteiger partial charge < -0.3 is 10.5 Å². The van der Waals surface area contributed by atoms with Gasteiger partial charge in [-0.15, -0.1) is 0 Å². The zero-order valence-corrected chi connectivity index (χ0v) is 11.9. The third-order valence-electron chi connectivity index (χ3n) is 2.42. The third-order valence-corrected chi connectivity index (χ3v) is 3.98. The van der Waals surface area contributed by atoms with Crippen molar-refractivity contribution in [2.75, 3.05) is 6.54 Å². The summed E-state index contributed by atoms with van der Waals surface area (Å²) in [7, 11) is -3.57. The number of amides is 1. The highest BCUT2D eigenvalue weighted by Gasteiger charge is 2.17. The smallest absolute Gasteiger partial charge is 0.338 e. The summed E-state index contributed by atoms with van der Waals surface area (Å²) in [6.07, 6.45) is -1.05. The van der Waals surface area contributed by atoms with Crippen LogP contribution in [0.1, 0.15) is 24.2 Å². The molecule has 0 saturated heterocycles. The second-order valence-corrected chi connectivity index (χ2v) is 5.74. The van der Waals surface area contributed by atoms with Crippen molar-refractivity contribution in [3.63, 3.8) is 0 Å². The van der Waals surface area contributed by atoms with E-state index in [0.717, 1.165) is 0 Å². The Morgan fingerprint density at radius 3 is 2.30 bits per heavy atom. The summed E-state index contributed by atoms with van der Waals surface area (Å²) in [5.74, 6) is -1.51. The Labute approximate surface area is 117 Å². The molecule has 1 rings (SSSR count). The molecule has 0 aliphatic carbocycles. The maximum absolute atomic E-state index is 11.7. The summed E-state index contributed by atoms with van der Waals surface area (Å²) in [5.41, 5.74) is 5.11. The van der Waals surface area contributed by atoms with Gasteiger partial charge in [-0.25, -0.2) is 17.9 Å². The number of hydrogen-bond donors (Lipinski definition) is 2. The first-order valence-electron chi connectivity index (χ1n) is 5.88. The molecule has 0 fully saturated rings. The summed E-state index contributed by atoms with van der Waals surface area (Å²) in [6.45, 7) is 3.28. The van der Waals surface area contributed by atoms with Crippen LogP contribution >= 0.6 is 0 Å². The van der Waals surface area contributed by atoms with Crippen molar-refractivity contribution in [1.29, 1.82) is 0 Å². The van der Waals surface area contributed by atoms with Crippen LogP contribution in [0.3, 0.4) is 0 Å². The lowest BCUT2D eigenvalue weighted by Crippen LogP contribution is -2.30.